The van der Waals surface area contributed by atoms with Crippen molar-refractivity contribution >= 4 is 49.6 Å². The average molecular weight is 572 g/mol. The van der Waals surface area contributed by atoms with Crippen LogP contribution in [0.2, 0.25) is 5.02 Å². The predicted molar refractivity (Wildman–Crippen MR) is 136 cm³/mol. The van der Waals surface area contributed by atoms with Gasteiger partial charge in [-0.15, -0.1) is 0 Å². The van der Waals surface area contributed by atoms with Crippen LogP contribution in [0.4, 0.5) is 0 Å². The number of halogens is 2. The lowest BCUT2D eigenvalue weighted by Crippen LogP contribution is -2.35. The summed E-state index contributed by atoms with van der Waals surface area (Å²) in [5.74, 6) is 0.970. The molecule has 11 heteroatoms. The first kappa shape index (κ1) is 24.3. The minimum atomic E-state index is -0.647. The molecule has 1 aromatic carbocycles. The van der Waals surface area contributed by atoms with Crippen molar-refractivity contribution in [3.05, 3.63) is 39.8 Å². The average Bonchev–Trinajstić information content (AvgIpc) is 3.47. The molecule has 2 aliphatic heterocycles. The summed E-state index contributed by atoms with van der Waals surface area (Å²) in [4.78, 5) is 9.52. The van der Waals surface area contributed by atoms with E-state index in [1.165, 1.54) is 0 Å². The Morgan fingerprint density at radius 3 is 2.71 bits per heavy atom. The molecule has 2 aliphatic rings. The van der Waals surface area contributed by atoms with Gasteiger partial charge in [0.2, 0.25) is 0 Å². The van der Waals surface area contributed by atoms with Crippen molar-refractivity contribution in [2.24, 2.45) is 0 Å². The molecule has 0 aliphatic carbocycles. The van der Waals surface area contributed by atoms with Crippen LogP contribution >= 0.6 is 27.5 Å². The largest absolute Gasteiger partial charge is 0.456 e. The number of aliphatic hydroxyl groups excluding tert-OH is 1. The fourth-order valence-electron chi connectivity index (χ4n) is 4.08. The van der Waals surface area contributed by atoms with Crippen LogP contribution in [0.3, 0.4) is 0 Å². The van der Waals surface area contributed by atoms with E-state index in [4.69, 9.17) is 35.5 Å². The number of imidazole rings is 1. The number of hydrogen-bond acceptors (Lipinski definition) is 7. The Morgan fingerprint density at radius 1 is 1.18 bits per heavy atom. The van der Waals surface area contributed by atoms with Gasteiger partial charge in [-0.05, 0) is 29.1 Å². The van der Waals surface area contributed by atoms with E-state index >= 15 is 0 Å². The van der Waals surface area contributed by atoms with E-state index in [0.717, 1.165) is 15.8 Å². The minimum Gasteiger partial charge on any atom is -0.456 e. The van der Waals surface area contributed by atoms with Crippen molar-refractivity contribution in [2.75, 3.05) is 38.1 Å². The molecule has 2 saturated heterocycles. The Balaban J connectivity index is 1.48. The molecule has 1 N–H and O–H groups in total. The van der Waals surface area contributed by atoms with Crippen LogP contribution in [0.1, 0.15) is 0 Å². The normalized spacial score (nSPS) is 24.3. The molecule has 5 rings (SSSR count). The smallest absolute Gasteiger partial charge is 0.301 e. The summed E-state index contributed by atoms with van der Waals surface area (Å²) in [6.45, 7) is 1.40. The lowest BCUT2D eigenvalue weighted by molar-refractivity contribution is 0.00344. The summed E-state index contributed by atoms with van der Waals surface area (Å²) in [5, 5.41) is 10.6. The highest BCUT2D eigenvalue weighted by atomic mass is 79.9. The number of hydrogen-bond donors (Lipinski definition) is 1. The monoisotopic (exact) mass is 570 g/mol. The Bertz CT molecular complexity index is 1160. The van der Waals surface area contributed by atoms with E-state index < -0.39 is 12.2 Å². The van der Waals surface area contributed by atoms with Crippen LogP contribution in [0.15, 0.2) is 34.8 Å². The maximum Gasteiger partial charge on any atom is 0.301 e. The molecule has 0 radical (unpaired) electrons. The highest BCUT2D eigenvalue weighted by molar-refractivity contribution is 9.10. The Morgan fingerprint density at radius 2 is 1.94 bits per heavy atom. The van der Waals surface area contributed by atoms with Crippen LogP contribution in [0, 0.1) is 0 Å². The number of nitrogens with zero attached hydrogens (tertiary/aromatic N) is 3. The van der Waals surface area contributed by atoms with Gasteiger partial charge in [0.25, 0.3) is 0 Å². The molecule has 1 unspecified atom stereocenters. The number of ether oxygens (including phenoxy) is 4. The van der Waals surface area contributed by atoms with Gasteiger partial charge in [-0.1, -0.05) is 39.7 Å². The number of benzene rings is 1. The van der Waals surface area contributed by atoms with Crippen molar-refractivity contribution < 1.29 is 24.1 Å². The Hall–Kier alpha value is -1.40. The summed E-state index contributed by atoms with van der Waals surface area (Å²) in [6, 6.07) is 9.97. The lowest BCUT2D eigenvalue weighted by Gasteiger charge is -2.18. The number of rotatable bonds is 8. The molecule has 0 amide bonds. The first-order valence-electron chi connectivity index (χ1n) is 10.9. The fourth-order valence-corrected chi connectivity index (χ4v) is 5.05. The van der Waals surface area contributed by atoms with Crippen molar-refractivity contribution in [3.8, 4) is 17.3 Å². The van der Waals surface area contributed by atoms with Crippen LogP contribution in [0.5, 0.6) is 6.01 Å². The summed E-state index contributed by atoms with van der Waals surface area (Å²) in [6.07, 6.45) is 2.60. The van der Waals surface area contributed by atoms with Crippen molar-refractivity contribution in [3.63, 3.8) is 0 Å². The molecular formula is C23H26BrClN3O5S+. The highest BCUT2D eigenvalue weighted by Crippen LogP contribution is 2.34. The Labute approximate surface area is 214 Å². The van der Waals surface area contributed by atoms with Crippen LogP contribution in [0.25, 0.3) is 22.4 Å². The van der Waals surface area contributed by atoms with Crippen LogP contribution in [-0.2, 0) is 31.8 Å². The molecule has 4 atom stereocenters. The van der Waals surface area contributed by atoms with Crippen LogP contribution < -0.4 is 4.74 Å². The molecule has 0 saturated carbocycles. The summed E-state index contributed by atoms with van der Waals surface area (Å²) in [5.41, 5.74) is 2.78. The molecule has 0 bridgehead atoms. The summed E-state index contributed by atoms with van der Waals surface area (Å²) >= 11 is 10.1. The number of pyridine rings is 1. The van der Waals surface area contributed by atoms with E-state index in [1.807, 2.05) is 28.8 Å². The molecular weight excluding hydrogens is 546 g/mol. The zero-order valence-electron chi connectivity index (χ0n) is 18.8. The van der Waals surface area contributed by atoms with Gasteiger partial charge in [0.15, 0.2) is 11.8 Å². The second kappa shape index (κ2) is 10.3. The molecule has 8 nitrogen and oxygen atoms in total. The van der Waals surface area contributed by atoms with Gasteiger partial charge < -0.3 is 24.1 Å². The summed E-state index contributed by atoms with van der Waals surface area (Å²) < 4.78 is 26.4. The zero-order chi connectivity index (χ0) is 23.8. The molecule has 182 valence electrons. The maximum absolute atomic E-state index is 10.1. The predicted octanol–water partition coefficient (Wildman–Crippen LogP) is 3.27. The summed E-state index contributed by atoms with van der Waals surface area (Å²) in [7, 11) is 0.285. The standard InChI is InChI=1S/C23H26BrClN3O5S/c1-34(2)8-7-30-12-28-22-16(9-15(25)19(27-22)13-3-5-14(24)6-4-13)26-23(28)33-18-11-32-20-17(29)10-31-21(18)20/h3-6,9,17-18,20-21,29H,7-8,10-12H2,1-2H3/q+1/t17?,18-,20-,21-/m1/s1. The Kier molecular flexibility index (Phi) is 7.36. The highest BCUT2D eigenvalue weighted by Gasteiger charge is 2.48. The molecule has 0 spiro atoms. The van der Waals surface area contributed by atoms with Gasteiger partial charge in [0.1, 0.15) is 36.3 Å². The zero-order valence-corrected chi connectivity index (χ0v) is 22.0. The SMILES string of the molecule is C[S+](C)CCOCn1c(O[C@@H]2CO[C@@H]3C(O)CO[C@@H]32)nc2cc(Cl)c(-c3ccc(Br)cc3)nc21. The van der Waals surface area contributed by atoms with Gasteiger partial charge in [-0.3, -0.25) is 4.57 Å². The van der Waals surface area contributed by atoms with Gasteiger partial charge in [0.05, 0.1) is 43.0 Å². The number of aromatic nitrogens is 3. The van der Waals surface area contributed by atoms with Crippen molar-refractivity contribution in [1.29, 1.82) is 0 Å². The van der Waals surface area contributed by atoms with Crippen molar-refractivity contribution in [1.82, 2.24) is 14.5 Å². The van der Waals surface area contributed by atoms with E-state index in [9.17, 15) is 5.11 Å². The van der Waals surface area contributed by atoms with Gasteiger partial charge in [0, 0.05) is 10.0 Å². The third kappa shape index (κ3) is 4.95. The quantitative estimate of drug-likeness (QED) is 0.328. The third-order valence-electron chi connectivity index (χ3n) is 5.85. The molecule has 4 heterocycles. The lowest BCUT2D eigenvalue weighted by atomic mass is 10.1. The third-order valence-corrected chi connectivity index (χ3v) is 7.65. The fraction of sp³-hybridized carbons (Fsp3) is 0.478. The number of fused-ring (bicyclic) bond motifs is 2. The van der Waals surface area contributed by atoms with Gasteiger partial charge >= 0.3 is 6.01 Å². The van der Waals surface area contributed by atoms with E-state index in [1.54, 1.807) is 6.07 Å². The van der Waals surface area contributed by atoms with Gasteiger partial charge in [-0.2, -0.15) is 4.98 Å². The first-order valence-corrected chi connectivity index (χ1v) is 14.3. The van der Waals surface area contributed by atoms with Gasteiger partial charge in [-0.25, -0.2) is 4.98 Å². The number of aliphatic hydroxyl groups is 1. The van der Waals surface area contributed by atoms with E-state index in [2.05, 4.69) is 33.4 Å². The molecule has 34 heavy (non-hydrogen) atoms. The minimum absolute atomic E-state index is 0.235. The first-order chi connectivity index (χ1) is 16.4. The van der Waals surface area contributed by atoms with E-state index in [0.29, 0.717) is 41.1 Å². The second-order valence-corrected chi connectivity index (χ2v) is 12.2. The maximum atomic E-state index is 10.1. The van der Waals surface area contributed by atoms with Crippen molar-refractivity contribution in [2.45, 2.75) is 31.1 Å². The second-order valence-electron chi connectivity index (χ2n) is 8.54. The van der Waals surface area contributed by atoms with Crippen LogP contribution in [-0.4, -0.2) is 82.1 Å². The molecule has 3 aromatic rings. The molecule has 2 aromatic heterocycles. The topological polar surface area (TPSA) is 87.9 Å². The molecule has 2 fully saturated rings. The van der Waals surface area contributed by atoms with E-state index in [-0.39, 0.29) is 36.4 Å².